The van der Waals surface area contributed by atoms with Crippen LogP contribution in [0.5, 0.6) is 0 Å². The molecule has 5 atom stereocenters. The Morgan fingerprint density at radius 1 is 1.17 bits per heavy atom. The Hall–Kier alpha value is -2.37. The summed E-state index contributed by atoms with van der Waals surface area (Å²) in [6, 6.07) is 7.85. The second kappa shape index (κ2) is 11.0. The molecule has 2 aromatic rings. The van der Waals surface area contributed by atoms with E-state index < -0.39 is 59.3 Å². The number of anilines is 1. The van der Waals surface area contributed by atoms with E-state index in [9.17, 15) is 18.4 Å². The van der Waals surface area contributed by atoms with Gasteiger partial charge in [0.25, 0.3) is 0 Å². The van der Waals surface area contributed by atoms with Gasteiger partial charge in [0.2, 0.25) is 11.8 Å². The Bertz CT molecular complexity index is 1390. The fraction of sp³-hybridized carbons (Fsp3) is 0.533. The molecule has 1 aliphatic carbocycles. The van der Waals surface area contributed by atoms with Crippen LogP contribution in [-0.4, -0.2) is 69.2 Å². The first-order valence-electron chi connectivity index (χ1n) is 14.0. The lowest BCUT2D eigenvalue weighted by Crippen LogP contribution is -2.70. The number of ether oxygens (including phenoxy) is 2. The lowest BCUT2D eigenvalue weighted by molar-refractivity contribution is -0.131. The maximum Gasteiger partial charge on any atom is 0.238 e. The molecule has 6 rings (SSSR count). The average molecular weight is 627 g/mol. The summed E-state index contributed by atoms with van der Waals surface area (Å²) in [4.78, 5) is 28.4. The normalized spacial score (nSPS) is 30.7. The number of hydrogen-bond acceptors (Lipinski definition) is 5. The zero-order chi connectivity index (χ0) is 29.9. The van der Waals surface area contributed by atoms with Crippen molar-refractivity contribution in [3.05, 3.63) is 63.4 Å². The highest BCUT2D eigenvalue weighted by Gasteiger charge is 2.78. The van der Waals surface area contributed by atoms with Gasteiger partial charge in [-0.1, -0.05) is 41.4 Å². The zero-order valence-electron chi connectivity index (χ0n) is 23.0. The van der Waals surface area contributed by atoms with Crippen LogP contribution in [-0.2, 0) is 24.5 Å². The van der Waals surface area contributed by atoms with Gasteiger partial charge >= 0.3 is 0 Å². The molecule has 42 heavy (non-hydrogen) atoms. The van der Waals surface area contributed by atoms with Crippen molar-refractivity contribution in [2.45, 2.75) is 60.7 Å². The number of nitrogens with one attached hydrogen (secondary N) is 3. The highest BCUT2D eigenvalue weighted by Crippen LogP contribution is 2.68. The van der Waals surface area contributed by atoms with E-state index in [-0.39, 0.29) is 42.2 Å². The Labute approximate surface area is 251 Å². The van der Waals surface area contributed by atoms with E-state index >= 15 is 4.39 Å². The Balaban J connectivity index is 1.47. The first-order chi connectivity index (χ1) is 20.1. The van der Waals surface area contributed by atoms with Crippen LogP contribution in [0.3, 0.4) is 0 Å². The maximum absolute atomic E-state index is 15.9. The molecule has 0 aromatic heterocycles. The van der Waals surface area contributed by atoms with Gasteiger partial charge < -0.3 is 20.1 Å². The Morgan fingerprint density at radius 3 is 2.60 bits per heavy atom. The predicted molar refractivity (Wildman–Crippen MR) is 152 cm³/mol. The zero-order valence-corrected chi connectivity index (χ0v) is 24.5. The van der Waals surface area contributed by atoms with Crippen molar-refractivity contribution in [2.75, 3.05) is 39.0 Å². The van der Waals surface area contributed by atoms with Crippen LogP contribution in [0.2, 0.25) is 10.0 Å². The maximum atomic E-state index is 15.9. The number of carbonyl (C=O) groups excluding carboxylic acids is 2. The van der Waals surface area contributed by atoms with Gasteiger partial charge in [-0.25, -0.2) is 4.39 Å². The number of methoxy groups -OCH3 is 1. The first kappa shape index (κ1) is 29.7. The largest absolute Gasteiger partial charge is 0.382 e. The topological polar surface area (TPSA) is 88.7 Å². The minimum absolute atomic E-state index is 0.0584. The van der Waals surface area contributed by atoms with Crippen molar-refractivity contribution in [3.8, 4) is 0 Å². The van der Waals surface area contributed by atoms with Crippen LogP contribution >= 0.6 is 23.2 Å². The molecule has 2 spiro atoms. The molecule has 1 saturated carbocycles. The van der Waals surface area contributed by atoms with Gasteiger partial charge in [-0.2, -0.15) is 0 Å². The minimum atomic E-state index is -1.60. The number of halogens is 5. The predicted octanol–water partition coefficient (Wildman–Crippen LogP) is 4.85. The molecule has 3 N–H and O–H groups in total. The molecule has 2 amide bonds. The number of amides is 2. The number of rotatable bonds is 7. The first-order valence-corrected chi connectivity index (χ1v) is 14.8. The van der Waals surface area contributed by atoms with Crippen molar-refractivity contribution in [1.29, 1.82) is 0 Å². The number of carbonyl (C=O) groups is 2. The third-order valence-corrected chi connectivity index (χ3v) is 10.1. The van der Waals surface area contributed by atoms with Gasteiger partial charge in [-0.15, -0.1) is 0 Å². The third kappa shape index (κ3) is 4.36. The molecule has 2 aromatic carbocycles. The highest BCUT2D eigenvalue weighted by molar-refractivity contribution is 6.31. The summed E-state index contributed by atoms with van der Waals surface area (Å²) in [6.45, 7) is -1.18. The van der Waals surface area contributed by atoms with Crippen LogP contribution in [0.25, 0.3) is 0 Å². The lowest BCUT2D eigenvalue weighted by atomic mass is 9.46. The molecule has 0 bridgehead atoms. The highest BCUT2D eigenvalue weighted by atomic mass is 35.5. The van der Waals surface area contributed by atoms with E-state index in [1.54, 1.807) is 31.4 Å². The summed E-state index contributed by atoms with van der Waals surface area (Å²) in [6.07, 6.45) is 1.07. The number of hydrogen-bond donors (Lipinski definition) is 3. The quantitative estimate of drug-likeness (QED) is 0.410. The Morgan fingerprint density at radius 2 is 1.93 bits per heavy atom. The summed E-state index contributed by atoms with van der Waals surface area (Å²) in [7, 11) is 1.59. The lowest BCUT2D eigenvalue weighted by Gasteiger charge is -2.59. The van der Waals surface area contributed by atoms with Crippen LogP contribution in [0.4, 0.5) is 18.9 Å². The molecule has 12 heteroatoms. The van der Waals surface area contributed by atoms with Gasteiger partial charge in [0.15, 0.2) is 0 Å². The van der Waals surface area contributed by atoms with Gasteiger partial charge in [-0.05, 0) is 55.0 Å². The number of alkyl halides is 2. The van der Waals surface area contributed by atoms with E-state index in [4.69, 9.17) is 32.7 Å². The van der Waals surface area contributed by atoms with Crippen molar-refractivity contribution in [1.82, 2.24) is 10.6 Å². The summed E-state index contributed by atoms with van der Waals surface area (Å²) in [5.74, 6) is -2.84. The van der Waals surface area contributed by atoms with Crippen LogP contribution in [0.15, 0.2) is 36.4 Å². The van der Waals surface area contributed by atoms with Gasteiger partial charge in [-0.3, -0.25) is 23.7 Å². The fourth-order valence-electron chi connectivity index (χ4n) is 7.89. The average Bonchev–Trinajstić information content (AvgIpc) is 3.42. The summed E-state index contributed by atoms with van der Waals surface area (Å²) in [5.41, 5.74) is -3.23. The molecule has 3 aliphatic heterocycles. The second-order valence-corrected chi connectivity index (χ2v) is 12.9. The molecule has 0 radical (unpaired) electrons. The molecule has 3 heterocycles. The molecule has 2 saturated heterocycles. The molecule has 3 fully saturated rings. The van der Waals surface area contributed by atoms with E-state index in [0.717, 1.165) is 0 Å². The monoisotopic (exact) mass is 625 g/mol. The molecular weight excluding hydrogens is 594 g/mol. The smallest absolute Gasteiger partial charge is 0.238 e. The van der Waals surface area contributed by atoms with Crippen molar-refractivity contribution in [2.24, 2.45) is 5.41 Å². The van der Waals surface area contributed by atoms with E-state index in [1.807, 2.05) is 0 Å². The summed E-state index contributed by atoms with van der Waals surface area (Å²) >= 11 is 12.5. The molecule has 4 aliphatic rings. The van der Waals surface area contributed by atoms with Gasteiger partial charge in [0, 0.05) is 34.7 Å². The summed E-state index contributed by atoms with van der Waals surface area (Å²) < 4.78 is 55.5. The standard InChI is InChI=1S/C30H32Cl2F3N3O4/c1-41-11-18-7-6-17(10-42-18)36-26(39)25-23(19-3-2-4-21(32)24(19)35)30(29(38-25)12-28(13-29,14-33)15-34)20-8-5-16(31)9-22(20)37-27(30)40/h2-5,8-9,17-18,23,25,38H,6-7,10-15H2,1H3,(H,36,39)(H,37,40)/t17-,18+,23+,25-,30-/m1/s1. The second-order valence-electron chi connectivity index (χ2n) is 12.1. The third-order valence-electron chi connectivity index (χ3n) is 9.59. The van der Waals surface area contributed by atoms with Crippen LogP contribution in [0, 0.1) is 11.2 Å². The number of fused-ring (bicyclic) bond motifs is 3. The molecule has 7 nitrogen and oxygen atoms in total. The van der Waals surface area contributed by atoms with Crippen LogP contribution in [0.1, 0.15) is 42.7 Å². The van der Waals surface area contributed by atoms with E-state index in [2.05, 4.69) is 16.0 Å². The molecular formula is C30H32Cl2F3N3O4. The SMILES string of the molecule is COC[C@@H]1CC[C@@H](NC(=O)[C@@H]2NC3(CC(CF)(CF)C3)[C@@]3(C(=O)Nc4cc(Cl)ccc43)[C@H]2c2cccc(Cl)c2F)CO1. The van der Waals surface area contributed by atoms with Crippen LogP contribution < -0.4 is 16.0 Å². The minimum Gasteiger partial charge on any atom is -0.382 e. The fourth-order valence-corrected chi connectivity index (χ4v) is 8.24. The summed E-state index contributed by atoms with van der Waals surface area (Å²) in [5, 5.41) is 9.45. The van der Waals surface area contributed by atoms with Crippen molar-refractivity contribution < 1.29 is 32.2 Å². The number of benzene rings is 2. The van der Waals surface area contributed by atoms with Crippen molar-refractivity contribution >= 4 is 40.7 Å². The van der Waals surface area contributed by atoms with Crippen molar-refractivity contribution in [3.63, 3.8) is 0 Å². The van der Waals surface area contributed by atoms with E-state index in [0.29, 0.717) is 35.7 Å². The van der Waals surface area contributed by atoms with E-state index in [1.165, 1.54) is 12.1 Å². The molecule has 0 unspecified atom stereocenters. The van der Waals surface area contributed by atoms with Gasteiger partial charge in [0.1, 0.15) is 11.2 Å². The Kier molecular flexibility index (Phi) is 7.75. The molecule has 226 valence electrons. The van der Waals surface area contributed by atoms with Gasteiger partial charge in [0.05, 0.1) is 49.8 Å².